The van der Waals surface area contributed by atoms with Crippen molar-refractivity contribution in [3.05, 3.63) is 29.3 Å². The Kier molecular flexibility index (Phi) is 3.79. The lowest BCUT2D eigenvalue weighted by Gasteiger charge is -2.20. The van der Waals surface area contributed by atoms with Gasteiger partial charge in [-0.05, 0) is 49.3 Å². The average Bonchev–Trinajstić information content (AvgIpc) is 3.06. The zero-order valence-corrected chi connectivity index (χ0v) is 12.3. The number of hydrogen-bond acceptors (Lipinski definition) is 2. The zero-order chi connectivity index (χ0) is 13.2. The second-order valence-electron chi connectivity index (χ2n) is 6.35. The minimum atomic E-state index is 0.665. The highest BCUT2D eigenvalue weighted by Crippen LogP contribution is 2.29. The SMILES string of the molecule is C[C@@H](NCc1ccc2c(c1)CCN2C)C1CCCC1. The summed E-state index contributed by atoms with van der Waals surface area (Å²) in [7, 11) is 2.19. The molecule has 1 aromatic carbocycles. The van der Waals surface area contributed by atoms with Gasteiger partial charge in [-0.3, -0.25) is 0 Å². The van der Waals surface area contributed by atoms with Crippen molar-refractivity contribution >= 4 is 5.69 Å². The summed E-state index contributed by atoms with van der Waals surface area (Å²) in [4.78, 5) is 2.35. The van der Waals surface area contributed by atoms with Crippen molar-refractivity contribution in [2.75, 3.05) is 18.5 Å². The summed E-state index contributed by atoms with van der Waals surface area (Å²) in [6.07, 6.45) is 6.91. The summed E-state index contributed by atoms with van der Waals surface area (Å²) in [6.45, 7) is 4.55. The lowest BCUT2D eigenvalue weighted by molar-refractivity contribution is 0.380. The van der Waals surface area contributed by atoms with Crippen molar-refractivity contribution in [2.45, 2.75) is 51.6 Å². The third-order valence-electron chi connectivity index (χ3n) is 5.01. The molecular weight excluding hydrogens is 232 g/mol. The predicted octanol–water partition coefficient (Wildman–Crippen LogP) is 3.35. The van der Waals surface area contributed by atoms with E-state index in [-0.39, 0.29) is 0 Å². The molecule has 0 amide bonds. The van der Waals surface area contributed by atoms with Gasteiger partial charge in [0.2, 0.25) is 0 Å². The molecule has 1 aliphatic carbocycles. The van der Waals surface area contributed by atoms with Gasteiger partial charge in [0.1, 0.15) is 0 Å². The van der Waals surface area contributed by atoms with E-state index >= 15 is 0 Å². The van der Waals surface area contributed by atoms with Crippen molar-refractivity contribution in [2.24, 2.45) is 5.92 Å². The normalized spacial score (nSPS) is 20.8. The topological polar surface area (TPSA) is 15.3 Å². The maximum Gasteiger partial charge on any atom is 0.0397 e. The highest BCUT2D eigenvalue weighted by molar-refractivity contribution is 5.58. The van der Waals surface area contributed by atoms with Gasteiger partial charge in [0.15, 0.2) is 0 Å². The molecule has 0 radical (unpaired) electrons. The molecule has 0 saturated heterocycles. The Morgan fingerprint density at radius 3 is 2.89 bits per heavy atom. The molecule has 104 valence electrons. The molecule has 1 saturated carbocycles. The summed E-state index contributed by atoms with van der Waals surface area (Å²) in [6, 6.07) is 7.64. The average molecular weight is 258 g/mol. The Labute approximate surface area is 117 Å². The first-order valence-electron chi connectivity index (χ1n) is 7.80. The Balaban J connectivity index is 1.58. The van der Waals surface area contributed by atoms with Gasteiger partial charge < -0.3 is 10.2 Å². The third-order valence-corrected chi connectivity index (χ3v) is 5.01. The number of fused-ring (bicyclic) bond motifs is 1. The van der Waals surface area contributed by atoms with E-state index in [0.717, 1.165) is 12.5 Å². The van der Waals surface area contributed by atoms with Gasteiger partial charge in [0.25, 0.3) is 0 Å². The van der Waals surface area contributed by atoms with Crippen LogP contribution in [0.1, 0.15) is 43.7 Å². The van der Waals surface area contributed by atoms with E-state index in [9.17, 15) is 0 Å². The molecule has 0 spiro atoms. The van der Waals surface area contributed by atoms with Crippen molar-refractivity contribution in [1.82, 2.24) is 5.32 Å². The van der Waals surface area contributed by atoms with Crippen LogP contribution < -0.4 is 10.2 Å². The van der Waals surface area contributed by atoms with Crippen LogP contribution in [0, 0.1) is 5.92 Å². The molecular formula is C17H26N2. The molecule has 1 heterocycles. The molecule has 0 aromatic heterocycles. The number of benzene rings is 1. The molecule has 2 nitrogen and oxygen atoms in total. The molecule has 1 N–H and O–H groups in total. The molecule has 2 aliphatic rings. The first kappa shape index (κ1) is 13.0. The van der Waals surface area contributed by atoms with Crippen molar-refractivity contribution < 1.29 is 0 Å². The minimum absolute atomic E-state index is 0.665. The summed E-state index contributed by atoms with van der Waals surface area (Å²) >= 11 is 0. The fourth-order valence-corrected chi connectivity index (χ4v) is 3.63. The molecule has 0 unspecified atom stereocenters. The number of likely N-dealkylation sites (N-methyl/N-ethyl adjacent to an activating group) is 1. The van der Waals surface area contributed by atoms with Crippen molar-refractivity contribution in [3.8, 4) is 0 Å². The standard InChI is InChI=1S/C17H26N2/c1-13(15-5-3-4-6-15)18-12-14-7-8-17-16(11-14)9-10-19(17)2/h7-8,11,13,15,18H,3-6,9-10,12H2,1-2H3/t13-/m1/s1. The van der Waals surface area contributed by atoms with Crippen LogP contribution in [-0.2, 0) is 13.0 Å². The van der Waals surface area contributed by atoms with Gasteiger partial charge in [-0.25, -0.2) is 0 Å². The number of hydrogen-bond donors (Lipinski definition) is 1. The van der Waals surface area contributed by atoms with Gasteiger partial charge in [-0.2, -0.15) is 0 Å². The molecule has 1 aromatic rings. The van der Waals surface area contributed by atoms with Crippen molar-refractivity contribution in [1.29, 1.82) is 0 Å². The van der Waals surface area contributed by atoms with E-state index in [1.165, 1.54) is 55.5 Å². The van der Waals surface area contributed by atoms with Gasteiger partial charge in [0, 0.05) is 31.9 Å². The monoisotopic (exact) mass is 258 g/mol. The molecule has 1 atom stereocenters. The van der Waals surface area contributed by atoms with E-state index in [2.05, 4.69) is 42.4 Å². The van der Waals surface area contributed by atoms with Crippen LogP contribution in [0.2, 0.25) is 0 Å². The van der Waals surface area contributed by atoms with Crippen LogP contribution in [-0.4, -0.2) is 19.6 Å². The van der Waals surface area contributed by atoms with Crippen LogP contribution in [0.15, 0.2) is 18.2 Å². The highest BCUT2D eigenvalue weighted by atomic mass is 15.1. The summed E-state index contributed by atoms with van der Waals surface area (Å²) in [5.41, 5.74) is 4.39. The first-order valence-corrected chi connectivity index (χ1v) is 7.80. The van der Waals surface area contributed by atoms with Gasteiger partial charge in [-0.15, -0.1) is 0 Å². The Morgan fingerprint density at radius 1 is 1.32 bits per heavy atom. The second kappa shape index (κ2) is 5.54. The Hall–Kier alpha value is -1.02. The molecule has 1 aliphatic heterocycles. The first-order chi connectivity index (χ1) is 9.24. The van der Waals surface area contributed by atoms with Crippen LogP contribution in [0.3, 0.4) is 0 Å². The van der Waals surface area contributed by atoms with Gasteiger partial charge >= 0.3 is 0 Å². The van der Waals surface area contributed by atoms with E-state index < -0.39 is 0 Å². The zero-order valence-electron chi connectivity index (χ0n) is 12.3. The minimum Gasteiger partial charge on any atom is -0.374 e. The van der Waals surface area contributed by atoms with E-state index in [0.29, 0.717) is 6.04 Å². The van der Waals surface area contributed by atoms with Crippen LogP contribution in [0.25, 0.3) is 0 Å². The lowest BCUT2D eigenvalue weighted by atomic mass is 9.99. The Bertz CT molecular complexity index is 435. The fourth-order valence-electron chi connectivity index (χ4n) is 3.63. The van der Waals surface area contributed by atoms with Crippen LogP contribution >= 0.6 is 0 Å². The highest BCUT2D eigenvalue weighted by Gasteiger charge is 2.21. The molecule has 1 fully saturated rings. The number of anilines is 1. The predicted molar refractivity (Wildman–Crippen MR) is 81.7 cm³/mol. The summed E-state index contributed by atoms with van der Waals surface area (Å²) in [5.74, 6) is 0.903. The van der Waals surface area contributed by atoms with Gasteiger partial charge in [0.05, 0.1) is 0 Å². The lowest BCUT2D eigenvalue weighted by Crippen LogP contribution is -2.31. The number of rotatable bonds is 4. The van der Waals surface area contributed by atoms with Crippen LogP contribution in [0.4, 0.5) is 5.69 Å². The molecule has 2 heteroatoms. The Morgan fingerprint density at radius 2 is 2.11 bits per heavy atom. The number of nitrogens with zero attached hydrogens (tertiary/aromatic N) is 1. The second-order valence-corrected chi connectivity index (χ2v) is 6.35. The third kappa shape index (κ3) is 2.79. The van der Waals surface area contributed by atoms with Crippen molar-refractivity contribution in [3.63, 3.8) is 0 Å². The quantitative estimate of drug-likeness (QED) is 0.891. The largest absolute Gasteiger partial charge is 0.374 e. The van der Waals surface area contributed by atoms with E-state index in [4.69, 9.17) is 0 Å². The van der Waals surface area contributed by atoms with Gasteiger partial charge in [-0.1, -0.05) is 25.0 Å². The fraction of sp³-hybridized carbons (Fsp3) is 0.647. The van der Waals surface area contributed by atoms with E-state index in [1.54, 1.807) is 0 Å². The maximum absolute atomic E-state index is 3.73. The maximum atomic E-state index is 3.73. The molecule has 0 bridgehead atoms. The van der Waals surface area contributed by atoms with Crippen LogP contribution in [0.5, 0.6) is 0 Å². The number of nitrogens with one attached hydrogen (secondary N) is 1. The molecule has 3 rings (SSSR count). The van der Waals surface area contributed by atoms with E-state index in [1.807, 2.05) is 0 Å². The smallest absolute Gasteiger partial charge is 0.0397 e. The summed E-state index contributed by atoms with van der Waals surface area (Å²) < 4.78 is 0. The molecule has 19 heavy (non-hydrogen) atoms. The summed E-state index contributed by atoms with van der Waals surface area (Å²) in [5, 5.41) is 3.73.